The molecule has 1 saturated carbocycles. The minimum atomic E-state index is -1.28. The van der Waals surface area contributed by atoms with Crippen LogP contribution >= 0.6 is 11.6 Å². The van der Waals surface area contributed by atoms with E-state index in [4.69, 9.17) is 16.0 Å². The van der Waals surface area contributed by atoms with E-state index in [1.54, 1.807) is 26.0 Å². The second-order valence-electron chi connectivity index (χ2n) is 5.58. The number of rotatable bonds is 3. The molecule has 0 spiro atoms. The second kappa shape index (κ2) is 5.37. The third-order valence-corrected chi connectivity index (χ3v) is 4.22. The zero-order valence-corrected chi connectivity index (χ0v) is 12.0. The number of carbonyl (C=O) groups excluding carboxylic acids is 3. The van der Waals surface area contributed by atoms with Gasteiger partial charge in [-0.15, -0.1) is 11.6 Å². The highest BCUT2D eigenvalue weighted by molar-refractivity contribution is 6.39. The molecule has 1 fully saturated rings. The highest BCUT2D eigenvalue weighted by Gasteiger charge is 2.48. The molecule has 1 aromatic heterocycles. The number of hydrogen-bond donors (Lipinski definition) is 0. The van der Waals surface area contributed by atoms with Gasteiger partial charge in [0.1, 0.15) is 11.7 Å². The van der Waals surface area contributed by atoms with Crippen molar-refractivity contribution in [1.29, 1.82) is 0 Å². The van der Waals surface area contributed by atoms with Gasteiger partial charge in [0.2, 0.25) is 0 Å². The van der Waals surface area contributed by atoms with Gasteiger partial charge >= 0.3 is 0 Å². The third kappa shape index (κ3) is 2.75. The Morgan fingerprint density at radius 3 is 2.75 bits per heavy atom. The topological polar surface area (TPSA) is 64.3 Å². The van der Waals surface area contributed by atoms with Crippen LogP contribution in [0.3, 0.4) is 0 Å². The number of ketones is 3. The predicted molar refractivity (Wildman–Crippen MR) is 74.3 cm³/mol. The Hall–Kier alpha value is -1.68. The summed E-state index contributed by atoms with van der Waals surface area (Å²) in [6, 6.07) is 3.35. The van der Waals surface area contributed by atoms with Gasteiger partial charge < -0.3 is 4.42 Å². The molecule has 2 rings (SSSR count). The monoisotopic (exact) mass is 294 g/mol. The van der Waals surface area contributed by atoms with E-state index in [2.05, 4.69) is 0 Å². The molecule has 4 nitrogen and oxygen atoms in total. The van der Waals surface area contributed by atoms with Gasteiger partial charge in [0, 0.05) is 6.42 Å². The number of carbonyl (C=O) groups is 3. The maximum absolute atomic E-state index is 12.1. The molecular weight excluding hydrogens is 280 g/mol. The molecule has 0 radical (unpaired) electrons. The summed E-state index contributed by atoms with van der Waals surface area (Å²) in [6.45, 7) is 3.50. The summed E-state index contributed by atoms with van der Waals surface area (Å²) in [6.07, 6.45) is 4.23. The fraction of sp³-hybridized carbons (Fsp3) is 0.400. The van der Waals surface area contributed by atoms with Crippen LogP contribution in [0.25, 0.3) is 6.08 Å². The molecule has 0 aliphatic heterocycles. The molecule has 20 heavy (non-hydrogen) atoms. The van der Waals surface area contributed by atoms with E-state index in [9.17, 15) is 14.4 Å². The SMILES string of the molecule is CC1(C)CC(=O)C(C(=O)/C=C/c2ccco2)C(=O)C1Cl. The largest absolute Gasteiger partial charge is 0.465 e. The van der Waals surface area contributed by atoms with Gasteiger partial charge in [-0.3, -0.25) is 14.4 Å². The molecule has 0 aromatic carbocycles. The van der Waals surface area contributed by atoms with E-state index in [1.165, 1.54) is 18.4 Å². The van der Waals surface area contributed by atoms with Crippen LogP contribution in [-0.2, 0) is 14.4 Å². The van der Waals surface area contributed by atoms with Crippen LogP contribution in [0.4, 0.5) is 0 Å². The van der Waals surface area contributed by atoms with Crippen LogP contribution in [0.1, 0.15) is 26.0 Å². The summed E-state index contributed by atoms with van der Waals surface area (Å²) in [5.74, 6) is -2.22. The first kappa shape index (κ1) is 14.7. The molecule has 2 atom stereocenters. The smallest absolute Gasteiger partial charge is 0.173 e. The predicted octanol–water partition coefficient (Wildman–Crippen LogP) is 2.65. The molecule has 1 aromatic rings. The van der Waals surface area contributed by atoms with Crippen LogP contribution in [0.15, 0.2) is 28.9 Å². The molecule has 1 heterocycles. The molecule has 5 heteroatoms. The van der Waals surface area contributed by atoms with Gasteiger partial charge in [0.15, 0.2) is 17.3 Å². The Morgan fingerprint density at radius 2 is 2.15 bits per heavy atom. The lowest BCUT2D eigenvalue weighted by atomic mass is 9.70. The van der Waals surface area contributed by atoms with E-state index in [1.807, 2.05) is 0 Å². The summed E-state index contributed by atoms with van der Waals surface area (Å²) in [7, 11) is 0. The van der Waals surface area contributed by atoms with Crippen molar-refractivity contribution < 1.29 is 18.8 Å². The summed E-state index contributed by atoms with van der Waals surface area (Å²) in [5, 5.41) is -0.828. The average molecular weight is 295 g/mol. The lowest BCUT2D eigenvalue weighted by Crippen LogP contribution is -2.49. The molecule has 0 N–H and O–H groups in total. The van der Waals surface area contributed by atoms with Gasteiger partial charge in [0.25, 0.3) is 0 Å². The summed E-state index contributed by atoms with van der Waals surface area (Å²) < 4.78 is 5.04. The lowest BCUT2D eigenvalue weighted by Gasteiger charge is -2.35. The maximum Gasteiger partial charge on any atom is 0.173 e. The second-order valence-corrected chi connectivity index (χ2v) is 6.02. The number of allylic oxidation sites excluding steroid dienone is 1. The summed E-state index contributed by atoms with van der Waals surface area (Å²) in [4.78, 5) is 36.2. The number of Topliss-reactive ketones (excluding diaryl/α,β-unsaturated/α-hetero) is 2. The van der Waals surface area contributed by atoms with E-state index in [0.717, 1.165) is 0 Å². The lowest BCUT2D eigenvalue weighted by molar-refractivity contribution is -0.143. The van der Waals surface area contributed by atoms with Crippen molar-refractivity contribution in [2.45, 2.75) is 25.6 Å². The Morgan fingerprint density at radius 1 is 1.45 bits per heavy atom. The van der Waals surface area contributed by atoms with Gasteiger partial charge in [0.05, 0.1) is 11.6 Å². The zero-order valence-electron chi connectivity index (χ0n) is 11.3. The van der Waals surface area contributed by atoms with Crippen molar-refractivity contribution in [1.82, 2.24) is 0 Å². The first-order chi connectivity index (χ1) is 9.33. The van der Waals surface area contributed by atoms with Gasteiger partial charge in [-0.1, -0.05) is 13.8 Å². The van der Waals surface area contributed by atoms with Crippen LogP contribution in [0.2, 0.25) is 0 Å². The summed E-state index contributed by atoms with van der Waals surface area (Å²) >= 11 is 6.07. The van der Waals surface area contributed by atoms with E-state index >= 15 is 0 Å². The third-order valence-electron chi connectivity index (χ3n) is 3.41. The zero-order chi connectivity index (χ0) is 14.9. The van der Waals surface area contributed by atoms with Crippen molar-refractivity contribution in [3.8, 4) is 0 Å². The van der Waals surface area contributed by atoms with Crippen LogP contribution in [-0.4, -0.2) is 22.7 Å². The highest BCUT2D eigenvalue weighted by atomic mass is 35.5. The number of halogens is 1. The molecule has 0 bridgehead atoms. The van der Waals surface area contributed by atoms with E-state index in [0.29, 0.717) is 5.76 Å². The molecule has 106 valence electrons. The summed E-state index contributed by atoms with van der Waals surface area (Å²) in [5.41, 5.74) is -0.614. The maximum atomic E-state index is 12.1. The van der Waals surface area contributed by atoms with Gasteiger partial charge in [-0.05, 0) is 29.7 Å². The van der Waals surface area contributed by atoms with Crippen molar-refractivity contribution in [3.05, 3.63) is 30.2 Å². The van der Waals surface area contributed by atoms with Crippen molar-refractivity contribution in [2.75, 3.05) is 0 Å². The number of furan rings is 1. The normalized spacial score (nSPS) is 26.1. The number of hydrogen-bond acceptors (Lipinski definition) is 4. The molecule has 0 saturated heterocycles. The highest BCUT2D eigenvalue weighted by Crippen LogP contribution is 2.38. The van der Waals surface area contributed by atoms with E-state index in [-0.39, 0.29) is 12.2 Å². The van der Waals surface area contributed by atoms with Crippen molar-refractivity contribution in [2.24, 2.45) is 11.3 Å². The Kier molecular flexibility index (Phi) is 3.95. The first-order valence-corrected chi connectivity index (χ1v) is 6.72. The Labute approximate surface area is 121 Å². The van der Waals surface area contributed by atoms with E-state index < -0.39 is 28.3 Å². The van der Waals surface area contributed by atoms with Crippen molar-refractivity contribution in [3.63, 3.8) is 0 Å². The Balaban J connectivity index is 2.17. The molecule has 1 aliphatic rings. The average Bonchev–Trinajstić information content (AvgIpc) is 2.86. The van der Waals surface area contributed by atoms with Crippen LogP contribution < -0.4 is 0 Å². The minimum Gasteiger partial charge on any atom is -0.465 e. The standard InChI is InChI=1S/C15H15ClO4/c1-15(2)8-11(18)12(13(19)14(15)16)10(17)6-5-9-4-3-7-20-9/h3-7,12,14H,8H2,1-2H3/b6-5+. The molecule has 1 aliphatic carbocycles. The van der Waals surface area contributed by atoms with Crippen LogP contribution in [0.5, 0.6) is 0 Å². The van der Waals surface area contributed by atoms with Gasteiger partial charge in [-0.25, -0.2) is 0 Å². The fourth-order valence-electron chi connectivity index (χ4n) is 2.28. The van der Waals surface area contributed by atoms with Crippen LogP contribution in [0, 0.1) is 11.3 Å². The molecule has 2 unspecified atom stereocenters. The first-order valence-electron chi connectivity index (χ1n) is 6.29. The minimum absolute atomic E-state index is 0.123. The molecule has 0 amide bonds. The number of alkyl halides is 1. The van der Waals surface area contributed by atoms with Gasteiger partial charge in [-0.2, -0.15) is 0 Å². The quantitative estimate of drug-likeness (QED) is 0.488. The molecular formula is C15H15ClO4. The fourth-order valence-corrected chi connectivity index (χ4v) is 2.48. The Bertz CT molecular complexity index is 569. The van der Waals surface area contributed by atoms with Crippen molar-refractivity contribution >= 4 is 35.0 Å².